The van der Waals surface area contributed by atoms with Crippen molar-refractivity contribution in [3.05, 3.63) is 46.9 Å². The van der Waals surface area contributed by atoms with E-state index >= 15 is 0 Å². The number of hydrogen-bond acceptors (Lipinski definition) is 5. The lowest BCUT2D eigenvalue weighted by Crippen LogP contribution is -2.60. The minimum atomic E-state index is -2.61. The second kappa shape index (κ2) is 8.62. The third kappa shape index (κ3) is 3.67. The van der Waals surface area contributed by atoms with Gasteiger partial charge in [-0.25, -0.2) is 8.78 Å². The highest BCUT2D eigenvalue weighted by atomic mass is 19.3. The van der Waals surface area contributed by atoms with Gasteiger partial charge in [-0.3, -0.25) is 14.2 Å². The third-order valence-corrected chi connectivity index (χ3v) is 9.07. The Morgan fingerprint density at radius 2 is 2.00 bits per heavy atom. The monoisotopic (exact) mass is 521 g/mol. The fourth-order valence-electron chi connectivity index (χ4n) is 6.96. The van der Waals surface area contributed by atoms with Crippen molar-refractivity contribution in [1.29, 1.82) is 0 Å². The average molecular weight is 522 g/mol. The summed E-state index contributed by atoms with van der Waals surface area (Å²) in [6.07, 6.45) is 5.55. The van der Waals surface area contributed by atoms with Crippen LogP contribution in [-0.4, -0.2) is 56.5 Å². The molecule has 1 saturated heterocycles. The summed E-state index contributed by atoms with van der Waals surface area (Å²) in [6, 6.07) is 3.94. The van der Waals surface area contributed by atoms with Gasteiger partial charge in [0.1, 0.15) is 0 Å². The van der Waals surface area contributed by atoms with Crippen LogP contribution in [0.4, 0.5) is 20.3 Å². The van der Waals surface area contributed by atoms with Crippen LogP contribution in [0.5, 0.6) is 0 Å². The van der Waals surface area contributed by atoms with E-state index in [1.54, 1.807) is 37.1 Å². The summed E-state index contributed by atoms with van der Waals surface area (Å²) in [7, 11) is 1.79. The van der Waals surface area contributed by atoms with Crippen molar-refractivity contribution in [2.45, 2.75) is 58.0 Å². The zero-order chi connectivity index (χ0) is 26.2. The van der Waals surface area contributed by atoms with Gasteiger partial charge in [0.15, 0.2) is 5.82 Å². The Morgan fingerprint density at radius 3 is 2.66 bits per heavy atom. The number of aromatic nitrogens is 4. The number of alkyl halides is 2. The first-order valence-corrected chi connectivity index (χ1v) is 13.6. The molecule has 3 aliphatic heterocycles. The molecule has 10 heteroatoms. The Hall–Kier alpha value is -3.27. The highest BCUT2D eigenvalue weighted by molar-refractivity contribution is 5.78. The summed E-state index contributed by atoms with van der Waals surface area (Å²) in [6.45, 7) is 5.68. The van der Waals surface area contributed by atoms with Crippen molar-refractivity contribution in [2.24, 2.45) is 12.5 Å². The molecular formula is C28H33F2N7O. The van der Waals surface area contributed by atoms with Crippen molar-refractivity contribution in [2.75, 3.05) is 31.1 Å². The van der Waals surface area contributed by atoms with Crippen LogP contribution in [0.15, 0.2) is 24.5 Å². The Balaban J connectivity index is 1.32. The summed E-state index contributed by atoms with van der Waals surface area (Å²) in [5, 5.41) is 12.8. The van der Waals surface area contributed by atoms with Crippen molar-refractivity contribution < 1.29 is 13.6 Å². The lowest BCUT2D eigenvalue weighted by molar-refractivity contribution is -0.129. The van der Waals surface area contributed by atoms with Gasteiger partial charge >= 0.3 is 0 Å². The molecule has 1 spiro atoms. The summed E-state index contributed by atoms with van der Waals surface area (Å²) in [4.78, 5) is 16.3. The molecule has 2 aromatic heterocycles. The maximum Gasteiger partial charge on any atom is 0.264 e. The summed E-state index contributed by atoms with van der Waals surface area (Å²) >= 11 is 0. The van der Waals surface area contributed by atoms with Crippen LogP contribution in [0.25, 0.3) is 11.1 Å². The van der Waals surface area contributed by atoms with Gasteiger partial charge in [0.25, 0.3) is 6.43 Å². The van der Waals surface area contributed by atoms with E-state index in [0.717, 1.165) is 67.8 Å². The first-order valence-electron chi connectivity index (χ1n) is 13.6. The van der Waals surface area contributed by atoms with Gasteiger partial charge in [0.2, 0.25) is 5.91 Å². The number of nitrogens with one attached hydrogen (secondary N) is 1. The van der Waals surface area contributed by atoms with Gasteiger partial charge in [-0.05, 0) is 54.4 Å². The number of aryl methyl sites for hydroxylation is 2. The number of fused-ring (bicyclic) bond motifs is 2. The van der Waals surface area contributed by atoms with Crippen LogP contribution in [0.2, 0.25) is 0 Å². The first-order chi connectivity index (χ1) is 18.3. The van der Waals surface area contributed by atoms with Crippen LogP contribution in [0, 0.1) is 5.41 Å². The van der Waals surface area contributed by atoms with Gasteiger partial charge in [0, 0.05) is 80.8 Å². The number of carbonyl (C=O) groups excluding carboxylic acids is 1. The van der Waals surface area contributed by atoms with E-state index in [1.165, 1.54) is 5.69 Å². The van der Waals surface area contributed by atoms with Crippen molar-refractivity contribution >= 4 is 17.4 Å². The molecule has 1 aliphatic carbocycles. The molecule has 1 aromatic carbocycles. The number of rotatable bonds is 4. The Morgan fingerprint density at radius 1 is 1.18 bits per heavy atom. The minimum Gasteiger partial charge on any atom is -0.338 e. The van der Waals surface area contributed by atoms with Crippen molar-refractivity contribution in [3.8, 4) is 11.1 Å². The Labute approximate surface area is 220 Å². The number of anilines is 2. The molecule has 0 atom stereocenters. The number of carbonyl (C=O) groups is 1. The molecular weight excluding hydrogens is 488 g/mol. The van der Waals surface area contributed by atoms with Crippen molar-refractivity contribution in [1.82, 2.24) is 29.8 Å². The molecule has 2 fully saturated rings. The number of benzene rings is 1. The van der Waals surface area contributed by atoms with Crippen LogP contribution in [0.1, 0.15) is 61.0 Å². The molecule has 7 rings (SSSR count). The number of amides is 1. The Kier molecular flexibility index (Phi) is 5.41. The third-order valence-electron chi connectivity index (χ3n) is 9.07. The molecule has 8 nitrogen and oxygen atoms in total. The van der Waals surface area contributed by atoms with Gasteiger partial charge < -0.3 is 15.1 Å². The molecule has 38 heavy (non-hydrogen) atoms. The minimum absolute atomic E-state index is 0.0146. The van der Waals surface area contributed by atoms with Crippen LogP contribution >= 0.6 is 0 Å². The summed E-state index contributed by atoms with van der Waals surface area (Å²) < 4.78 is 32.6. The maximum atomic E-state index is 14.4. The van der Waals surface area contributed by atoms with E-state index in [-0.39, 0.29) is 11.5 Å². The van der Waals surface area contributed by atoms with Gasteiger partial charge in [-0.15, -0.1) is 0 Å². The van der Waals surface area contributed by atoms with E-state index in [2.05, 4.69) is 20.0 Å². The van der Waals surface area contributed by atoms with Crippen LogP contribution < -0.4 is 10.2 Å². The lowest BCUT2D eigenvalue weighted by atomic mass is 9.61. The van der Waals surface area contributed by atoms with E-state index in [9.17, 15) is 13.6 Å². The average Bonchev–Trinajstić information content (AvgIpc) is 3.44. The standard InChI is InChI=1S/C28H33F2N7O/c1-17(38)35-7-5-24-23(14-35)27(33-37(24)20-10-28(11-20)15-31-16-28)36-6-3-4-18-8-21(19-12-32-34(2)13-19)22(26(29)30)9-25(18)36/h8-9,12-13,20,26,31H,3-7,10-11,14-16H2,1-2H3. The molecule has 4 aliphatic rings. The molecule has 3 aromatic rings. The fraction of sp³-hybridized carbons (Fsp3) is 0.536. The SMILES string of the molecule is CC(=O)N1CCc2c(c(N3CCCc4cc(-c5cnn(C)c5)c(C(F)F)cc43)nn2C2CC3(CNC3)C2)C1. The second-order valence-electron chi connectivity index (χ2n) is 11.6. The van der Waals surface area contributed by atoms with Gasteiger partial charge in [-0.1, -0.05) is 0 Å². The number of halogens is 2. The van der Waals surface area contributed by atoms with E-state index in [4.69, 9.17) is 5.10 Å². The normalized spacial score (nSPS) is 20.3. The van der Waals surface area contributed by atoms with Gasteiger partial charge in [0.05, 0.1) is 18.8 Å². The van der Waals surface area contributed by atoms with Crippen LogP contribution in [-0.2, 0) is 31.2 Å². The predicted octanol–water partition coefficient (Wildman–Crippen LogP) is 4.13. The fourth-order valence-corrected chi connectivity index (χ4v) is 6.96. The molecule has 1 amide bonds. The zero-order valence-electron chi connectivity index (χ0n) is 21.9. The molecule has 5 heterocycles. The highest BCUT2D eigenvalue weighted by Crippen LogP contribution is 2.52. The number of nitrogens with zero attached hydrogens (tertiary/aromatic N) is 6. The van der Waals surface area contributed by atoms with Crippen molar-refractivity contribution in [3.63, 3.8) is 0 Å². The molecule has 0 unspecified atom stereocenters. The predicted molar refractivity (Wildman–Crippen MR) is 140 cm³/mol. The van der Waals surface area contributed by atoms with Gasteiger partial charge in [-0.2, -0.15) is 10.2 Å². The molecule has 200 valence electrons. The van der Waals surface area contributed by atoms with Crippen LogP contribution in [0.3, 0.4) is 0 Å². The van der Waals surface area contributed by atoms with E-state index in [0.29, 0.717) is 42.2 Å². The largest absolute Gasteiger partial charge is 0.338 e. The lowest BCUT2D eigenvalue weighted by Gasteiger charge is -2.54. The topological polar surface area (TPSA) is 71.2 Å². The Bertz CT molecular complexity index is 1410. The summed E-state index contributed by atoms with van der Waals surface area (Å²) in [5.41, 5.74) is 5.80. The zero-order valence-corrected chi connectivity index (χ0v) is 21.9. The smallest absolute Gasteiger partial charge is 0.264 e. The number of hydrogen-bond donors (Lipinski definition) is 1. The first kappa shape index (κ1) is 23.8. The second-order valence-corrected chi connectivity index (χ2v) is 11.6. The van der Waals surface area contributed by atoms with E-state index < -0.39 is 6.43 Å². The summed E-state index contributed by atoms with van der Waals surface area (Å²) in [5.74, 6) is 0.881. The molecule has 0 radical (unpaired) electrons. The maximum absolute atomic E-state index is 14.4. The molecule has 1 N–H and O–H groups in total. The molecule has 1 saturated carbocycles. The van der Waals surface area contributed by atoms with E-state index in [1.807, 2.05) is 11.0 Å². The highest BCUT2D eigenvalue weighted by Gasteiger charge is 2.50. The quantitative estimate of drug-likeness (QED) is 0.559. The molecule has 0 bridgehead atoms.